The normalized spacial score (nSPS) is 18.9. The maximum Gasteiger partial charge on any atom is 0.416 e. The number of halogens is 5. The number of carboxylic acid groups (broad SMARTS) is 1. The first-order chi connectivity index (χ1) is 12.9. The highest BCUT2D eigenvalue weighted by Gasteiger charge is 2.46. The standard InChI is InChI=1S/C19H13Cl2F3O4/c1-18(10-3-2-4-11(6-10)19(22,23)24)7-9-5-12(28-8-13(25)26)15(20)16(21)14(9)17(18)27/h2-6H,7-8H2,1H3,(H,25,26). The van der Waals surface area contributed by atoms with Crippen molar-refractivity contribution in [2.75, 3.05) is 6.61 Å². The number of fused-ring (bicyclic) bond motifs is 1. The zero-order chi connectivity index (χ0) is 20.9. The van der Waals surface area contributed by atoms with Gasteiger partial charge in [0.05, 0.1) is 16.0 Å². The summed E-state index contributed by atoms with van der Waals surface area (Å²) in [6.07, 6.45) is -4.47. The van der Waals surface area contributed by atoms with Crippen LogP contribution in [0, 0.1) is 0 Å². The Morgan fingerprint density at radius 2 is 1.93 bits per heavy atom. The van der Waals surface area contributed by atoms with Crippen LogP contribution < -0.4 is 4.74 Å². The molecule has 1 aliphatic carbocycles. The summed E-state index contributed by atoms with van der Waals surface area (Å²) >= 11 is 12.3. The number of carboxylic acids is 1. The van der Waals surface area contributed by atoms with Gasteiger partial charge in [0.25, 0.3) is 0 Å². The summed E-state index contributed by atoms with van der Waals surface area (Å²) in [5.41, 5.74) is -1.40. The van der Waals surface area contributed by atoms with Gasteiger partial charge in [-0.05, 0) is 36.6 Å². The summed E-state index contributed by atoms with van der Waals surface area (Å²) in [6, 6.07) is 5.98. The molecule has 0 heterocycles. The van der Waals surface area contributed by atoms with Crippen molar-refractivity contribution in [2.45, 2.75) is 24.9 Å². The van der Waals surface area contributed by atoms with E-state index in [0.717, 1.165) is 12.1 Å². The van der Waals surface area contributed by atoms with E-state index < -0.39 is 35.5 Å². The molecule has 0 saturated carbocycles. The van der Waals surface area contributed by atoms with E-state index in [0.29, 0.717) is 5.56 Å². The summed E-state index contributed by atoms with van der Waals surface area (Å²) in [4.78, 5) is 23.8. The number of aliphatic carboxylic acids is 1. The Morgan fingerprint density at radius 1 is 1.25 bits per heavy atom. The van der Waals surface area contributed by atoms with Gasteiger partial charge in [-0.25, -0.2) is 4.79 Å². The lowest BCUT2D eigenvalue weighted by Gasteiger charge is -2.23. The number of Topliss-reactive ketones (excluding diaryl/α,β-unsaturated/α-hetero) is 1. The molecule has 0 bridgehead atoms. The second-order valence-corrected chi connectivity index (χ2v) is 7.39. The summed E-state index contributed by atoms with van der Waals surface area (Å²) in [7, 11) is 0. The van der Waals surface area contributed by atoms with Gasteiger partial charge in [-0.3, -0.25) is 4.79 Å². The number of ketones is 1. The molecule has 9 heteroatoms. The highest BCUT2D eigenvalue weighted by molar-refractivity contribution is 6.45. The number of benzene rings is 2. The van der Waals surface area contributed by atoms with E-state index in [4.69, 9.17) is 33.0 Å². The van der Waals surface area contributed by atoms with Crippen molar-refractivity contribution in [3.63, 3.8) is 0 Å². The Kier molecular flexibility index (Phi) is 5.10. The molecule has 0 saturated heterocycles. The monoisotopic (exact) mass is 432 g/mol. The predicted molar refractivity (Wildman–Crippen MR) is 96.4 cm³/mol. The van der Waals surface area contributed by atoms with Gasteiger partial charge in [0.2, 0.25) is 0 Å². The summed E-state index contributed by atoms with van der Waals surface area (Å²) in [5, 5.41) is 8.51. The number of hydrogen-bond donors (Lipinski definition) is 1. The van der Waals surface area contributed by atoms with Crippen molar-refractivity contribution in [1.82, 2.24) is 0 Å². The average Bonchev–Trinajstić information content (AvgIpc) is 2.88. The molecule has 2 aromatic carbocycles. The maximum atomic E-state index is 13.1. The van der Waals surface area contributed by atoms with Gasteiger partial charge in [-0.15, -0.1) is 0 Å². The molecule has 2 aromatic rings. The number of hydrogen-bond acceptors (Lipinski definition) is 3. The van der Waals surface area contributed by atoms with Crippen LogP contribution in [0.4, 0.5) is 13.2 Å². The van der Waals surface area contributed by atoms with Crippen molar-refractivity contribution in [1.29, 1.82) is 0 Å². The van der Waals surface area contributed by atoms with Crippen LogP contribution in [-0.4, -0.2) is 23.5 Å². The van der Waals surface area contributed by atoms with Gasteiger partial charge in [-0.1, -0.05) is 41.4 Å². The molecule has 1 atom stereocenters. The third kappa shape index (κ3) is 3.44. The van der Waals surface area contributed by atoms with Crippen LogP contribution in [0.3, 0.4) is 0 Å². The van der Waals surface area contributed by atoms with Crippen LogP contribution in [0.1, 0.15) is 34.0 Å². The van der Waals surface area contributed by atoms with Gasteiger partial charge in [0, 0.05) is 5.56 Å². The summed E-state index contributed by atoms with van der Waals surface area (Å²) in [5.74, 6) is -1.69. The number of carbonyl (C=O) groups excluding carboxylic acids is 1. The van der Waals surface area contributed by atoms with Crippen LogP contribution in [-0.2, 0) is 22.8 Å². The summed E-state index contributed by atoms with van der Waals surface area (Å²) in [6.45, 7) is 0.876. The quantitative estimate of drug-likeness (QED) is 0.723. The third-order valence-electron chi connectivity index (χ3n) is 4.71. The van der Waals surface area contributed by atoms with Crippen molar-refractivity contribution in [2.24, 2.45) is 0 Å². The molecule has 0 fully saturated rings. The summed E-state index contributed by atoms with van der Waals surface area (Å²) < 4.78 is 44.3. The van der Waals surface area contributed by atoms with Crippen LogP contribution in [0.2, 0.25) is 10.0 Å². The molecule has 1 aliphatic rings. The third-order valence-corrected chi connectivity index (χ3v) is 5.56. The largest absolute Gasteiger partial charge is 0.480 e. The minimum absolute atomic E-state index is 0.00564. The molecular formula is C19H13Cl2F3O4. The molecule has 0 aromatic heterocycles. The van der Waals surface area contributed by atoms with Gasteiger partial charge in [-0.2, -0.15) is 13.2 Å². The first-order valence-corrected chi connectivity index (χ1v) is 8.78. The highest BCUT2D eigenvalue weighted by atomic mass is 35.5. The minimum Gasteiger partial charge on any atom is -0.480 e. The second kappa shape index (κ2) is 6.97. The zero-order valence-corrected chi connectivity index (χ0v) is 15.9. The van der Waals surface area contributed by atoms with Gasteiger partial charge < -0.3 is 9.84 Å². The van der Waals surface area contributed by atoms with E-state index in [1.54, 1.807) is 0 Å². The molecule has 0 aliphatic heterocycles. The van der Waals surface area contributed by atoms with Gasteiger partial charge >= 0.3 is 12.1 Å². The highest BCUT2D eigenvalue weighted by Crippen LogP contribution is 2.47. The first kappa shape index (κ1) is 20.5. The second-order valence-electron chi connectivity index (χ2n) is 6.64. The fraction of sp³-hybridized carbons (Fsp3) is 0.263. The molecule has 148 valence electrons. The predicted octanol–water partition coefficient (Wildman–Crippen LogP) is 5.17. The van der Waals surface area contributed by atoms with E-state index in [9.17, 15) is 22.8 Å². The molecule has 0 spiro atoms. The van der Waals surface area contributed by atoms with Crippen molar-refractivity contribution >= 4 is 35.0 Å². The molecule has 0 radical (unpaired) electrons. The molecular weight excluding hydrogens is 420 g/mol. The zero-order valence-electron chi connectivity index (χ0n) is 14.4. The molecule has 28 heavy (non-hydrogen) atoms. The Balaban J connectivity index is 2.06. The van der Waals surface area contributed by atoms with Gasteiger partial charge in [0.15, 0.2) is 12.4 Å². The maximum absolute atomic E-state index is 13.1. The molecule has 4 nitrogen and oxygen atoms in total. The lowest BCUT2D eigenvalue weighted by molar-refractivity contribution is -0.139. The lowest BCUT2D eigenvalue weighted by atomic mass is 9.78. The van der Waals surface area contributed by atoms with Crippen LogP contribution in [0.5, 0.6) is 5.75 Å². The Hall–Kier alpha value is -2.25. The Labute approximate surface area is 167 Å². The fourth-order valence-electron chi connectivity index (χ4n) is 3.29. The van der Waals surface area contributed by atoms with Crippen LogP contribution in [0.25, 0.3) is 0 Å². The first-order valence-electron chi connectivity index (χ1n) is 8.03. The lowest BCUT2D eigenvalue weighted by Crippen LogP contribution is -2.29. The van der Waals surface area contributed by atoms with Crippen molar-refractivity contribution in [3.05, 3.63) is 62.6 Å². The SMILES string of the molecule is CC1(c2cccc(C(F)(F)F)c2)Cc2cc(OCC(=O)O)c(Cl)c(Cl)c2C1=O. The van der Waals surface area contributed by atoms with E-state index in [1.807, 2.05) is 0 Å². The van der Waals surface area contributed by atoms with E-state index in [1.165, 1.54) is 25.1 Å². The van der Waals surface area contributed by atoms with Crippen molar-refractivity contribution in [3.8, 4) is 5.75 Å². The van der Waals surface area contributed by atoms with E-state index in [-0.39, 0.29) is 33.3 Å². The smallest absolute Gasteiger partial charge is 0.416 e. The fourth-order valence-corrected chi connectivity index (χ4v) is 3.79. The van der Waals surface area contributed by atoms with Crippen LogP contribution in [0.15, 0.2) is 30.3 Å². The molecule has 3 rings (SSSR count). The Bertz CT molecular complexity index is 988. The minimum atomic E-state index is -4.54. The number of alkyl halides is 3. The molecule has 1 N–H and O–H groups in total. The van der Waals surface area contributed by atoms with E-state index >= 15 is 0 Å². The number of ether oxygens (including phenoxy) is 1. The molecule has 1 unspecified atom stereocenters. The van der Waals surface area contributed by atoms with Crippen molar-refractivity contribution < 1.29 is 32.6 Å². The topological polar surface area (TPSA) is 63.6 Å². The number of carbonyl (C=O) groups is 2. The molecule has 0 amide bonds. The van der Waals surface area contributed by atoms with Crippen LogP contribution >= 0.6 is 23.2 Å². The number of rotatable bonds is 4. The van der Waals surface area contributed by atoms with Gasteiger partial charge in [0.1, 0.15) is 10.8 Å². The average molecular weight is 433 g/mol. The Morgan fingerprint density at radius 3 is 2.54 bits per heavy atom. The van der Waals surface area contributed by atoms with E-state index in [2.05, 4.69) is 0 Å².